The Bertz CT molecular complexity index is 1050. The summed E-state index contributed by atoms with van der Waals surface area (Å²) in [4.78, 5) is 0. The van der Waals surface area contributed by atoms with E-state index in [4.69, 9.17) is 9.47 Å². The first-order chi connectivity index (χ1) is 14.7. The lowest BCUT2D eigenvalue weighted by atomic mass is 10.1. The predicted molar refractivity (Wildman–Crippen MR) is 120 cm³/mol. The van der Waals surface area contributed by atoms with Crippen LogP contribution in [0.25, 0.3) is 21.5 Å². The van der Waals surface area contributed by atoms with Gasteiger partial charge in [-0.15, -0.1) is 0 Å². The number of aliphatic hydroxyl groups excluding tert-OH is 2. The Labute approximate surface area is 176 Å². The zero-order chi connectivity index (χ0) is 20.8. The minimum atomic E-state index is 0.0557. The van der Waals surface area contributed by atoms with Crippen molar-refractivity contribution in [2.45, 2.75) is 26.1 Å². The average Bonchev–Trinajstić information content (AvgIpc) is 2.80. The maximum Gasteiger partial charge on any atom is 0.119 e. The van der Waals surface area contributed by atoms with Crippen molar-refractivity contribution >= 4 is 21.5 Å². The van der Waals surface area contributed by atoms with Crippen molar-refractivity contribution < 1.29 is 19.7 Å². The highest BCUT2D eigenvalue weighted by Crippen LogP contribution is 2.24. The minimum Gasteiger partial charge on any atom is -0.494 e. The first-order valence-corrected chi connectivity index (χ1v) is 10.3. The molecular weight excluding hydrogens is 376 g/mol. The van der Waals surface area contributed by atoms with Crippen molar-refractivity contribution in [3.8, 4) is 11.5 Å². The molecule has 0 aliphatic heterocycles. The van der Waals surface area contributed by atoms with E-state index in [-0.39, 0.29) is 13.2 Å². The lowest BCUT2D eigenvalue weighted by molar-refractivity contribution is 0.267. The van der Waals surface area contributed by atoms with Gasteiger partial charge in [0.05, 0.1) is 26.4 Å². The van der Waals surface area contributed by atoms with Gasteiger partial charge in [-0.1, -0.05) is 36.4 Å². The van der Waals surface area contributed by atoms with Crippen molar-refractivity contribution in [2.24, 2.45) is 0 Å². The lowest BCUT2D eigenvalue weighted by Gasteiger charge is -2.10. The maximum atomic E-state index is 9.23. The highest BCUT2D eigenvalue weighted by atomic mass is 16.5. The smallest absolute Gasteiger partial charge is 0.119 e. The fourth-order valence-electron chi connectivity index (χ4n) is 3.51. The number of ether oxygens (including phenoxy) is 2. The highest BCUT2D eigenvalue weighted by molar-refractivity contribution is 5.85. The van der Waals surface area contributed by atoms with Crippen LogP contribution < -0.4 is 9.47 Å². The van der Waals surface area contributed by atoms with Crippen molar-refractivity contribution in [3.05, 3.63) is 83.9 Å². The molecule has 4 aromatic carbocycles. The third-order valence-electron chi connectivity index (χ3n) is 5.19. The molecule has 0 fully saturated rings. The molecule has 2 N–H and O–H groups in total. The van der Waals surface area contributed by atoms with Crippen molar-refractivity contribution in [1.82, 2.24) is 0 Å². The summed E-state index contributed by atoms with van der Waals surface area (Å²) in [5.74, 6) is 1.72. The molecule has 4 nitrogen and oxygen atoms in total. The standard InChI is InChI=1S/C26H26O4/c27-17-19-3-5-23-15-25(9-7-21(23)13-19)29-11-1-2-12-30-26-10-8-22-14-20(18-28)4-6-24(22)16-26/h3-10,13-16,27-28H,1-2,11-12,17-18H2. The monoisotopic (exact) mass is 402 g/mol. The Balaban J connectivity index is 1.22. The molecule has 0 unspecified atom stereocenters. The Morgan fingerprint density at radius 2 is 0.900 bits per heavy atom. The largest absolute Gasteiger partial charge is 0.494 e. The Hall–Kier alpha value is -3.08. The van der Waals surface area contributed by atoms with E-state index in [0.717, 1.165) is 57.0 Å². The van der Waals surface area contributed by atoms with Crippen LogP contribution >= 0.6 is 0 Å². The molecule has 0 bridgehead atoms. The molecular formula is C26H26O4. The molecule has 0 saturated carbocycles. The van der Waals surface area contributed by atoms with Gasteiger partial charge in [-0.2, -0.15) is 0 Å². The van der Waals surface area contributed by atoms with Crippen molar-refractivity contribution in [1.29, 1.82) is 0 Å². The van der Waals surface area contributed by atoms with Crippen LogP contribution in [0.15, 0.2) is 72.8 Å². The fraction of sp³-hybridized carbons (Fsp3) is 0.231. The summed E-state index contributed by atoms with van der Waals surface area (Å²) >= 11 is 0. The zero-order valence-electron chi connectivity index (χ0n) is 16.9. The average molecular weight is 402 g/mol. The molecule has 0 heterocycles. The second-order valence-electron chi connectivity index (χ2n) is 7.41. The van der Waals surface area contributed by atoms with E-state index in [1.54, 1.807) is 0 Å². The normalized spacial score (nSPS) is 11.1. The van der Waals surface area contributed by atoms with E-state index in [0.29, 0.717) is 13.2 Å². The molecule has 0 saturated heterocycles. The summed E-state index contributed by atoms with van der Waals surface area (Å²) in [6, 6.07) is 23.9. The SMILES string of the molecule is OCc1ccc2cc(OCCCCOc3ccc4cc(CO)ccc4c3)ccc2c1. The molecule has 4 aromatic rings. The van der Waals surface area contributed by atoms with Gasteiger partial charge < -0.3 is 19.7 Å². The number of aliphatic hydroxyl groups is 2. The van der Waals surface area contributed by atoms with Crippen LogP contribution in [0.3, 0.4) is 0 Å². The Kier molecular flexibility index (Phi) is 6.47. The lowest BCUT2D eigenvalue weighted by Crippen LogP contribution is -2.02. The zero-order valence-corrected chi connectivity index (χ0v) is 16.9. The Morgan fingerprint density at radius 1 is 0.500 bits per heavy atom. The van der Waals surface area contributed by atoms with E-state index < -0.39 is 0 Å². The maximum absolute atomic E-state index is 9.23. The number of hydrogen-bond donors (Lipinski definition) is 2. The van der Waals surface area contributed by atoms with Crippen LogP contribution in [-0.2, 0) is 13.2 Å². The van der Waals surface area contributed by atoms with Gasteiger partial charge in [0.1, 0.15) is 11.5 Å². The second-order valence-corrected chi connectivity index (χ2v) is 7.41. The van der Waals surface area contributed by atoms with Gasteiger partial charge in [0, 0.05) is 0 Å². The van der Waals surface area contributed by atoms with Gasteiger partial charge in [-0.05, 0) is 81.9 Å². The summed E-state index contributed by atoms with van der Waals surface area (Å²) < 4.78 is 11.8. The Morgan fingerprint density at radius 3 is 1.33 bits per heavy atom. The number of unbranched alkanes of at least 4 members (excludes halogenated alkanes) is 1. The van der Waals surface area contributed by atoms with Gasteiger partial charge in [0.25, 0.3) is 0 Å². The van der Waals surface area contributed by atoms with Gasteiger partial charge in [0.2, 0.25) is 0 Å². The van der Waals surface area contributed by atoms with Gasteiger partial charge in [-0.3, -0.25) is 0 Å². The summed E-state index contributed by atoms with van der Waals surface area (Å²) in [6.45, 7) is 1.40. The molecule has 0 spiro atoms. The van der Waals surface area contributed by atoms with Gasteiger partial charge in [-0.25, -0.2) is 0 Å². The topological polar surface area (TPSA) is 58.9 Å². The van der Waals surface area contributed by atoms with Crippen LogP contribution in [0.4, 0.5) is 0 Å². The first-order valence-electron chi connectivity index (χ1n) is 10.3. The van der Waals surface area contributed by atoms with Crippen molar-refractivity contribution in [3.63, 3.8) is 0 Å². The summed E-state index contributed by atoms with van der Waals surface area (Å²) in [6.07, 6.45) is 1.82. The molecule has 0 atom stereocenters. The van der Waals surface area contributed by atoms with Crippen LogP contribution in [0.2, 0.25) is 0 Å². The quantitative estimate of drug-likeness (QED) is 0.377. The molecule has 4 rings (SSSR count). The van der Waals surface area contributed by atoms with Gasteiger partial charge >= 0.3 is 0 Å². The van der Waals surface area contributed by atoms with E-state index in [1.165, 1.54) is 0 Å². The second kappa shape index (κ2) is 9.61. The van der Waals surface area contributed by atoms with Crippen molar-refractivity contribution in [2.75, 3.05) is 13.2 Å². The predicted octanol–water partition coefficient (Wildman–Crippen LogP) is 5.22. The van der Waals surface area contributed by atoms with Crippen LogP contribution in [0.1, 0.15) is 24.0 Å². The third kappa shape index (κ3) is 4.90. The highest BCUT2D eigenvalue weighted by Gasteiger charge is 2.01. The molecule has 0 aliphatic carbocycles. The van der Waals surface area contributed by atoms with E-state index in [2.05, 4.69) is 0 Å². The molecule has 30 heavy (non-hydrogen) atoms. The minimum absolute atomic E-state index is 0.0557. The van der Waals surface area contributed by atoms with Crippen LogP contribution in [-0.4, -0.2) is 23.4 Å². The van der Waals surface area contributed by atoms with E-state index >= 15 is 0 Å². The molecule has 154 valence electrons. The number of fused-ring (bicyclic) bond motifs is 2. The van der Waals surface area contributed by atoms with E-state index in [9.17, 15) is 10.2 Å². The molecule has 0 aliphatic rings. The fourth-order valence-corrected chi connectivity index (χ4v) is 3.51. The molecule has 0 amide bonds. The molecule has 4 heteroatoms. The molecule has 0 aromatic heterocycles. The summed E-state index contributed by atoms with van der Waals surface area (Å²) in [7, 11) is 0. The van der Waals surface area contributed by atoms with Crippen LogP contribution in [0.5, 0.6) is 11.5 Å². The van der Waals surface area contributed by atoms with Crippen LogP contribution in [0, 0.1) is 0 Å². The number of hydrogen-bond acceptors (Lipinski definition) is 4. The third-order valence-corrected chi connectivity index (χ3v) is 5.19. The first kappa shape index (κ1) is 20.2. The number of benzene rings is 4. The molecule has 0 radical (unpaired) electrons. The summed E-state index contributed by atoms with van der Waals surface area (Å²) in [5.41, 5.74) is 1.83. The summed E-state index contributed by atoms with van der Waals surface area (Å²) in [5, 5.41) is 22.9. The van der Waals surface area contributed by atoms with E-state index in [1.807, 2.05) is 72.8 Å². The number of rotatable bonds is 9. The van der Waals surface area contributed by atoms with Gasteiger partial charge in [0.15, 0.2) is 0 Å².